The van der Waals surface area contributed by atoms with Crippen molar-refractivity contribution < 1.29 is 9.53 Å². The van der Waals surface area contributed by atoms with Gasteiger partial charge in [0.1, 0.15) is 0 Å². The molecule has 1 aromatic heterocycles. The first-order valence-electron chi connectivity index (χ1n) is 6.35. The van der Waals surface area contributed by atoms with Gasteiger partial charge in [0.05, 0.1) is 6.61 Å². The summed E-state index contributed by atoms with van der Waals surface area (Å²) in [5, 5.41) is 0. The lowest BCUT2D eigenvalue weighted by Crippen LogP contribution is -2.26. The van der Waals surface area contributed by atoms with E-state index in [1.54, 1.807) is 0 Å². The van der Waals surface area contributed by atoms with E-state index in [1.165, 1.54) is 6.42 Å². The molecule has 0 radical (unpaired) electrons. The zero-order valence-corrected chi connectivity index (χ0v) is 10.8. The van der Waals surface area contributed by atoms with Crippen LogP contribution in [0.1, 0.15) is 43.5 Å². The molecule has 0 aliphatic carbocycles. The normalized spacial score (nSPS) is 19.2. The molecule has 2 heterocycles. The number of esters is 1. The molecule has 0 aromatic carbocycles. The number of aromatic nitrogens is 2. The molecule has 4 heteroatoms. The van der Waals surface area contributed by atoms with Crippen molar-refractivity contribution in [2.75, 3.05) is 6.61 Å². The number of aryl methyl sites for hydroxylation is 1. The summed E-state index contributed by atoms with van der Waals surface area (Å²) in [5.74, 6) is 1.43. The molecular weight excluding hydrogens is 216 g/mol. The van der Waals surface area contributed by atoms with Crippen molar-refractivity contribution in [3.8, 4) is 0 Å². The largest absolute Gasteiger partial charge is 0.460 e. The van der Waals surface area contributed by atoms with Crippen LogP contribution in [0.3, 0.4) is 0 Å². The molecule has 0 saturated heterocycles. The Hall–Kier alpha value is -1.32. The predicted molar refractivity (Wildman–Crippen MR) is 64.8 cm³/mol. The van der Waals surface area contributed by atoms with Crippen molar-refractivity contribution in [1.29, 1.82) is 0 Å². The summed E-state index contributed by atoms with van der Waals surface area (Å²) in [4.78, 5) is 15.9. The van der Waals surface area contributed by atoms with E-state index in [2.05, 4.69) is 18.8 Å². The van der Waals surface area contributed by atoms with Gasteiger partial charge in [0.25, 0.3) is 0 Å². The Morgan fingerprint density at radius 3 is 3.06 bits per heavy atom. The van der Waals surface area contributed by atoms with Crippen LogP contribution in [0.2, 0.25) is 0 Å². The molecule has 17 heavy (non-hydrogen) atoms. The summed E-state index contributed by atoms with van der Waals surface area (Å²) >= 11 is 0. The van der Waals surface area contributed by atoms with E-state index in [0.29, 0.717) is 24.3 Å². The van der Waals surface area contributed by atoms with Gasteiger partial charge in [0.15, 0.2) is 0 Å². The van der Waals surface area contributed by atoms with E-state index in [1.807, 2.05) is 17.7 Å². The van der Waals surface area contributed by atoms with Crippen molar-refractivity contribution >= 4 is 5.97 Å². The summed E-state index contributed by atoms with van der Waals surface area (Å²) < 4.78 is 7.06. The van der Waals surface area contributed by atoms with Crippen LogP contribution in [-0.4, -0.2) is 22.1 Å². The van der Waals surface area contributed by atoms with Gasteiger partial charge in [-0.25, -0.2) is 9.78 Å². The van der Waals surface area contributed by atoms with E-state index < -0.39 is 0 Å². The van der Waals surface area contributed by atoms with Crippen molar-refractivity contribution in [2.45, 2.75) is 40.2 Å². The molecule has 4 nitrogen and oxygen atoms in total. The zero-order valence-electron chi connectivity index (χ0n) is 10.8. The van der Waals surface area contributed by atoms with Crippen LogP contribution in [0.15, 0.2) is 6.20 Å². The second kappa shape index (κ2) is 4.90. The molecule has 0 N–H and O–H groups in total. The third-order valence-electron chi connectivity index (χ3n) is 3.53. The van der Waals surface area contributed by atoms with Gasteiger partial charge >= 0.3 is 5.97 Å². The van der Waals surface area contributed by atoms with Gasteiger partial charge < -0.3 is 9.30 Å². The number of hydrogen-bond acceptors (Lipinski definition) is 3. The van der Waals surface area contributed by atoms with Crippen LogP contribution < -0.4 is 0 Å². The standard InChI is InChI=1S/C13H20N2O2/c1-4-17-13(16)12-14-7-11-6-5-10(9(2)3)8-15(11)12/h7,9-10H,4-6,8H2,1-3H3. The van der Waals surface area contributed by atoms with E-state index in [-0.39, 0.29) is 5.97 Å². The van der Waals surface area contributed by atoms with Crippen molar-refractivity contribution in [3.05, 3.63) is 17.7 Å². The second-order valence-electron chi connectivity index (χ2n) is 4.95. The lowest BCUT2D eigenvalue weighted by Gasteiger charge is -2.27. The highest BCUT2D eigenvalue weighted by Crippen LogP contribution is 2.27. The molecule has 0 fully saturated rings. The highest BCUT2D eigenvalue weighted by molar-refractivity contribution is 5.85. The molecule has 0 saturated carbocycles. The van der Waals surface area contributed by atoms with Crippen molar-refractivity contribution in [2.24, 2.45) is 11.8 Å². The molecule has 1 aliphatic rings. The van der Waals surface area contributed by atoms with E-state index in [9.17, 15) is 4.79 Å². The van der Waals surface area contributed by atoms with Gasteiger partial charge in [-0.15, -0.1) is 0 Å². The van der Waals surface area contributed by atoms with Crippen LogP contribution in [0.25, 0.3) is 0 Å². The summed E-state index contributed by atoms with van der Waals surface area (Å²) in [6, 6.07) is 0. The van der Waals surface area contributed by atoms with Crippen molar-refractivity contribution in [3.63, 3.8) is 0 Å². The number of nitrogens with zero attached hydrogens (tertiary/aromatic N) is 2. The van der Waals surface area contributed by atoms with Crippen LogP contribution in [0, 0.1) is 11.8 Å². The molecule has 0 amide bonds. The summed E-state index contributed by atoms with van der Waals surface area (Å²) in [7, 11) is 0. The summed E-state index contributed by atoms with van der Waals surface area (Å²) in [6.45, 7) is 7.57. The Morgan fingerprint density at radius 2 is 2.41 bits per heavy atom. The van der Waals surface area contributed by atoms with E-state index in [4.69, 9.17) is 4.74 Å². The average molecular weight is 236 g/mol. The predicted octanol–water partition coefficient (Wildman–Crippen LogP) is 2.28. The number of fused-ring (bicyclic) bond motifs is 1. The molecule has 0 bridgehead atoms. The number of imidazole rings is 1. The number of hydrogen-bond donors (Lipinski definition) is 0. The number of carbonyl (C=O) groups excluding carboxylic acids is 1. The minimum Gasteiger partial charge on any atom is -0.460 e. The molecule has 1 aliphatic heterocycles. The maximum atomic E-state index is 11.7. The third-order valence-corrected chi connectivity index (χ3v) is 3.53. The van der Waals surface area contributed by atoms with Crippen LogP contribution in [0.5, 0.6) is 0 Å². The number of ether oxygens (including phenoxy) is 1. The fourth-order valence-electron chi connectivity index (χ4n) is 2.38. The van der Waals surface area contributed by atoms with Gasteiger partial charge in [-0.2, -0.15) is 0 Å². The Bertz CT molecular complexity index is 410. The quantitative estimate of drug-likeness (QED) is 0.756. The summed E-state index contributed by atoms with van der Waals surface area (Å²) in [6.07, 6.45) is 4.00. The fourth-order valence-corrected chi connectivity index (χ4v) is 2.38. The minimum atomic E-state index is -0.303. The highest BCUT2D eigenvalue weighted by atomic mass is 16.5. The Labute approximate surface area is 102 Å². The third kappa shape index (κ3) is 2.35. The first kappa shape index (κ1) is 12.1. The first-order chi connectivity index (χ1) is 8.13. The fraction of sp³-hybridized carbons (Fsp3) is 0.692. The molecule has 1 unspecified atom stereocenters. The Kier molecular flexibility index (Phi) is 3.50. The average Bonchev–Trinajstić information content (AvgIpc) is 2.71. The Balaban J connectivity index is 2.22. The molecule has 94 valence electrons. The summed E-state index contributed by atoms with van der Waals surface area (Å²) in [5.41, 5.74) is 1.16. The van der Waals surface area contributed by atoms with Crippen LogP contribution >= 0.6 is 0 Å². The zero-order chi connectivity index (χ0) is 12.4. The van der Waals surface area contributed by atoms with E-state index in [0.717, 1.165) is 18.7 Å². The highest BCUT2D eigenvalue weighted by Gasteiger charge is 2.26. The maximum Gasteiger partial charge on any atom is 0.374 e. The molecule has 1 aromatic rings. The number of carbonyl (C=O) groups is 1. The Morgan fingerprint density at radius 1 is 1.65 bits per heavy atom. The van der Waals surface area contributed by atoms with Crippen LogP contribution in [-0.2, 0) is 17.7 Å². The SMILES string of the molecule is CCOC(=O)c1ncc2n1CC(C(C)C)CC2. The van der Waals surface area contributed by atoms with E-state index >= 15 is 0 Å². The lowest BCUT2D eigenvalue weighted by atomic mass is 9.88. The van der Waals surface area contributed by atoms with Gasteiger partial charge in [0, 0.05) is 18.4 Å². The minimum absolute atomic E-state index is 0.303. The maximum absolute atomic E-state index is 11.7. The van der Waals surface area contributed by atoms with Crippen LogP contribution in [0.4, 0.5) is 0 Å². The van der Waals surface area contributed by atoms with Gasteiger partial charge in [-0.1, -0.05) is 13.8 Å². The first-order valence-corrected chi connectivity index (χ1v) is 6.35. The second-order valence-corrected chi connectivity index (χ2v) is 4.95. The van der Waals surface area contributed by atoms with Gasteiger partial charge in [-0.3, -0.25) is 0 Å². The van der Waals surface area contributed by atoms with Gasteiger partial charge in [-0.05, 0) is 31.6 Å². The van der Waals surface area contributed by atoms with Crippen molar-refractivity contribution in [1.82, 2.24) is 9.55 Å². The molecule has 1 atom stereocenters. The molecular formula is C13H20N2O2. The number of rotatable bonds is 3. The molecule has 2 rings (SSSR count). The lowest BCUT2D eigenvalue weighted by molar-refractivity contribution is 0.0502. The molecule has 0 spiro atoms. The van der Waals surface area contributed by atoms with Gasteiger partial charge in [0.2, 0.25) is 5.82 Å². The topological polar surface area (TPSA) is 44.1 Å². The smallest absolute Gasteiger partial charge is 0.374 e. The monoisotopic (exact) mass is 236 g/mol.